The van der Waals surface area contributed by atoms with Gasteiger partial charge in [0.15, 0.2) is 0 Å². The van der Waals surface area contributed by atoms with E-state index >= 15 is 0 Å². The van der Waals surface area contributed by atoms with E-state index in [1.165, 1.54) is 0 Å². The van der Waals surface area contributed by atoms with Gasteiger partial charge >= 0.3 is 0 Å². The number of thioether (sulfide) groups is 1. The molecule has 0 aromatic heterocycles. The number of methoxy groups -OCH3 is 1. The summed E-state index contributed by atoms with van der Waals surface area (Å²) in [6, 6.07) is 3.10. The molecule has 0 radical (unpaired) electrons. The highest BCUT2D eigenvalue weighted by Gasteiger charge is 2.46. The maximum atomic E-state index is 13.6. The van der Waals surface area contributed by atoms with Gasteiger partial charge in [0.2, 0.25) is 5.91 Å². The van der Waals surface area contributed by atoms with E-state index in [2.05, 4.69) is 28.9 Å². The van der Waals surface area contributed by atoms with Crippen molar-refractivity contribution in [1.29, 1.82) is 5.26 Å². The summed E-state index contributed by atoms with van der Waals surface area (Å²) in [5.41, 5.74) is -0.151. The lowest BCUT2D eigenvalue weighted by molar-refractivity contribution is -0.141. The van der Waals surface area contributed by atoms with E-state index in [4.69, 9.17) is 9.47 Å². The zero-order chi connectivity index (χ0) is 25.2. The Labute approximate surface area is 218 Å². The summed E-state index contributed by atoms with van der Waals surface area (Å²) >= 11 is 1.73. The predicted molar refractivity (Wildman–Crippen MR) is 137 cm³/mol. The van der Waals surface area contributed by atoms with Crippen LogP contribution in [-0.4, -0.2) is 85.1 Å². The van der Waals surface area contributed by atoms with E-state index in [0.29, 0.717) is 31.8 Å². The first-order chi connectivity index (χ1) is 17.5. The van der Waals surface area contributed by atoms with E-state index in [1.807, 2.05) is 4.90 Å². The minimum absolute atomic E-state index is 0.0470. The van der Waals surface area contributed by atoms with E-state index in [1.54, 1.807) is 18.9 Å². The van der Waals surface area contributed by atoms with Gasteiger partial charge in [0.25, 0.3) is 5.91 Å². The molecule has 1 aliphatic carbocycles. The lowest BCUT2D eigenvalue weighted by Gasteiger charge is -2.44. The predicted octanol–water partition coefficient (Wildman–Crippen LogP) is 1.44. The monoisotopic (exact) mass is 519 g/mol. The van der Waals surface area contributed by atoms with Crippen LogP contribution < -0.4 is 16.0 Å². The van der Waals surface area contributed by atoms with Crippen LogP contribution >= 0.6 is 11.8 Å². The van der Waals surface area contributed by atoms with Crippen LogP contribution in [0.5, 0.6) is 0 Å². The zero-order valence-electron chi connectivity index (χ0n) is 21.5. The molecule has 4 saturated heterocycles. The number of likely N-dealkylation sites (tertiary alicyclic amines) is 1. The van der Waals surface area contributed by atoms with Crippen molar-refractivity contribution in [1.82, 2.24) is 20.9 Å². The fraction of sp³-hybridized carbons (Fsp3) is 0.885. The minimum atomic E-state index is -0.272. The molecule has 5 aliphatic rings. The highest BCUT2D eigenvalue weighted by Crippen LogP contribution is 2.42. The number of hydrogen-bond donors (Lipinski definition) is 3. The molecule has 0 spiro atoms. The largest absolute Gasteiger partial charge is 0.381 e. The fourth-order valence-corrected chi connectivity index (χ4v) is 8.53. The molecule has 0 aromatic carbocycles. The molecular formula is C26H41N5O4S. The molecule has 5 fully saturated rings. The third kappa shape index (κ3) is 5.56. The lowest BCUT2D eigenvalue weighted by Crippen LogP contribution is -2.56. The Morgan fingerprint density at radius 1 is 1.19 bits per heavy atom. The average Bonchev–Trinajstić information content (AvgIpc) is 3.57. The molecule has 0 bridgehead atoms. The normalized spacial score (nSPS) is 43.0. The van der Waals surface area contributed by atoms with Crippen molar-refractivity contribution in [2.75, 3.05) is 33.4 Å². The average molecular weight is 520 g/mol. The summed E-state index contributed by atoms with van der Waals surface area (Å²) in [5, 5.41) is 20.2. The second-order valence-corrected chi connectivity index (χ2v) is 12.7. The molecule has 3 N–H and O–H groups in total. The zero-order valence-corrected chi connectivity index (χ0v) is 22.3. The Bertz CT molecular complexity index is 849. The van der Waals surface area contributed by atoms with Gasteiger partial charge in [0, 0.05) is 56.6 Å². The van der Waals surface area contributed by atoms with Gasteiger partial charge in [-0.15, -0.1) is 11.8 Å². The molecular weight excluding hydrogens is 478 g/mol. The number of amides is 2. The Hall–Kier alpha value is -1.38. The second kappa shape index (κ2) is 11.6. The number of carbonyl (C=O) groups excluding carboxylic acids is 2. The van der Waals surface area contributed by atoms with E-state index in [9.17, 15) is 14.9 Å². The molecule has 5 rings (SSSR count). The van der Waals surface area contributed by atoms with Gasteiger partial charge in [-0.05, 0) is 63.7 Å². The van der Waals surface area contributed by atoms with Crippen LogP contribution in [0.3, 0.4) is 0 Å². The van der Waals surface area contributed by atoms with Crippen LogP contribution in [0.4, 0.5) is 0 Å². The maximum Gasteiger partial charge on any atom is 0.251 e. The summed E-state index contributed by atoms with van der Waals surface area (Å²) < 4.78 is 11.5. The summed E-state index contributed by atoms with van der Waals surface area (Å²) in [4.78, 5) is 28.4. The summed E-state index contributed by atoms with van der Waals surface area (Å²) in [7, 11) is 1.76. The standard InChI is InChI=1S/C26H41N5O4S/c1-15-10-17(18-11-16(12-27)5-6-21(18)34-2)19(13-28-15)24(32)30-26-29-20-7-8-31(14-23(20)36-26)25(33)22-4-3-9-35-22/h15-23,26,28-29H,3-11,13-14H2,1-2H3,(H,30,32)/t15?,16?,17?,18?,19?,20?,21?,22-,23?,26?/m1/s1. The Kier molecular flexibility index (Phi) is 8.43. The molecule has 9 nitrogen and oxygen atoms in total. The number of fused-ring (bicyclic) bond motifs is 1. The van der Waals surface area contributed by atoms with Crippen molar-refractivity contribution in [3.8, 4) is 6.07 Å². The van der Waals surface area contributed by atoms with Crippen LogP contribution in [0.2, 0.25) is 0 Å². The number of ether oxygens (including phenoxy) is 2. The van der Waals surface area contributed by atoms with Crippen LogP contribution in [0.25, 0.3) is 0 Å². The molecule has 4 heterocycles. The first-order valence-electron chi connectivity index (χ1n) is 13.7. The first kappa shape index (κ1) is 26.2. The first-order valence-corrected chi connectivity index (χ1v) is 14.7. The van der Waals surface area contributed by atoms with Gasteiger partial charge in [0.05, 0.1) is 18.1 Å². The maximum absolute atomic E-state index is 13.6. The fourth-order valence-electron chi connectivity index (χ4n) is 7.08. The SMILES string of the molecule is COC1CCC(C#N)CC1C1CC(C)NCC1C(=O)NC1NC2CCN(C(=O)[C@H]3CCCO3)CC2S1. The molecule has 10 atom stereocenters. The van der Waals surface area contributed by atoms with Crippen LogP contribution in [0, 0.1) is 35.0 Å². The Balaban J connectivity index is 1.20. The second-order valence-electron chi connectivity index (χ2n) is 11.3. The Morgan fingerprint density at radius 3 is 2.81 bits per heavy atom. The van der Waals surface area contributed by atoms with Crippen LogP contribution in [0.15, 0.2) is 0 Å². The highest BCUT2D eigenvalue weighted by atomic mass is 32.2. The van der Waals surface area contributed by atoms with Crippen molar-refractivity contribution < 1.29 is 19.1 Å². The number of nitriles is 1. The van der Waals surface area contributed by atoms with Crippen molar-refractivity contribution >= 4 is 23.6 Å². The number of carbonyl (C=O) groups is 2. The van der Waals surface area contributed by atoms with Gasteiger partial charge in [-0.25, -0.2) is 0 Å². The van der Waals surface area contributed by atoms with Gasteiger partial charge in [-0.1, -0.05) is 0 Å². The Morgan fingerprint density at radius 2 is 2.06 bits per heavy atom. The topological polar surface area (TPSA) is 116 Å². The van der Waals surface area contributed by atoms with Crippen LogP contribution in [-0.2, 0) is 19.1 Å². The molecule has 4 aliphatic heterocycles. The van der Waals surface area contributed by atoms with E-state index < -0.39 is 0 Å². The molecule has 0 aromatic rings. The number of rotatable bonds is 5. The number of piperidine rings is 2. The van der Waals surface area contributed by atoms with Crippen molar-refractivity contribution in [2.24, 2.45) is 23.7 Å². The summed E-state index contributed by atoms with van der Waals surface area (Å²) in [6.07, 6.45) is 5.99. The van der Waals surface area contributed by atoms with Gasteiger partial charge in [0.1, 0.15) is 11.6 Å². The molecule has 10 heteroatoms. The number of nitrogens with zero attached hydrogens (tertiary/aromatic N) is 2. The molecule has 36 heavy (non-hydrogen) atoms. The highest BCUT2D eigenvalue weighted by molar-refractivity contribution is 8.00. The third-order valence-corrected chi connectivity index (χ3v) is 10.4. The van der Waals surface area contributed by atoms with Crippen LogP contribution in [0.1, 0.15) is 51.9 Å². The lowest BCUT2D eigenvalue weighted by atomic mass is 9.66. The smallest absolute Gasteiger partial charge is 0.251 e. The minimum Gasteiger partial charge on any atom is -0.381 e. The third-order valence-electron chi connectivity index (χ3n) is 9.06. The number of nitrogens with one attached hydrogen (secondary N) is 3. The van der Waals surface area contributed by atoms with E-state index in [-0.39, 0.29) is 58.4 Å². The van der Waals surface area contributed by atoms with Gasteiger partial charge in [-0.2, -0.15) is 5.26 Å². The number of hydrogen-bond acceptors (Lipinski definition) is 8. The summed E-state index contributed by atoms with van der Waals surface area (Å²) in [6.45, 7) is 4.94. The molecule has 200 valence electrons. The molecule has 9 unspecified atom stereocenters. The van der Waals surface area contributed by atoms with E-state index in [0.717, 1.165) is 51.5 Å². The van der Waals surface area contributed by atoms with Crippen molar-refractivity contribution in [3.05, 3.63) is 0 Å². The molecule has 2 amide bonds. The molecule has 1 saturated carbocycles. The quantitative estimate of drug-likeness (QED) is 0.500. The van der Waals surface area contributed by atoms with Crippen molar-refractivity contribution in [3.63, 3.8) is 0 Å². The van der Waals surface area contributed by atoms with Crippen molar-refractivity contribution in [2.45, 2.75) is 86.9 Å². The van der Waals surface area contributed by atoms with Gasteiger partial charge in [-0.3, -0.25) is 14.9 Å². The van der Waals surface area contributed by atoms with Gasteiger partial charge < -0.3 is 25.0 Å². The summed E-state index contributed by atoms with van der Waals surface area (Å²) in [5.74, 6) is 0.507.